The fourth-order valence-electron chi connectivity index (χ4n) is 1.34. The largest absolute Gasteiger partial charge is 0.385 e. The number of hydrogen-bond donors (Lipinski definition) is 2. The summed E-state index contributed by atoms with van der Waals surface area (Å²) in [7, 11) is 1.58. The van der Waals surface area contributed by atoms with Gasteiger partial charge >= 0.3 is 0 Å². The van der Waals surface area contributed by atoms with E-state index in [9.17, 15) is 4.79 Å². The molecule has 17 heavy (non-hydrogen) atoms. The van der Waals surface area contributed by atoms with Gasteiger partial charge in [0, 0.05) is 25.3 Å². The minimum atomic E-state index is -0.533. The van der Waals surface area contributed by atoms with Gasteiger partial charge in [-0.3, -0.25) is 4.79 Å². The van der Waals surface area contributed by atoms with E-state index in [2.05, 4.69) is 5.32 Å². The van der Waals surface area contributed by atoms with Crippen molar-refractivity contribution >= 4 is 17.5 Å². The third kappa shape index (κ3) is 5.17. The lowest BCUT2D eigenvalue weighted by molar-refractivity contribution is -0.122. The normalized spacial score (nSPS) is 12.2. The number of benzene rings is 1. The number of ether oxygens (including phenoxy) is 1. The molecule has 0 bridgehead atoms. The van der Waals surface area contributed by atoms with E-state index in [1.165, 1.54) is 0 Å². The molecule has 0 saturated carbocycles. The quantitative estimate of drug-likeness (QED) is 0.807. The molecule has 0 heterocycles. The summed E-state index contributed by atoms with van der Waals surface area (Å²) in [4.78, 5) is 11.6. The Morgan fingerprint density at radius 2 is 2.35 bits per heavy atom. The molecular formula is C12H17ClN2O2. The third-order valence-electron chi connectivity index (χ3n) is 2.33. The molecule has 3 N–H and O–H groups in total. The molecule has 1 unspecified atom stereocenters. The maximum Gasteiger partial charge on any atom is 0.237 e. The summed E-state index contributed by atoms with van der Waals surface area (Å²) < 4.78 is 4.86. The number of nitrogens with one attached hydrogen (secondary N) is 1. The van der Waals surface area contributed by atoms with Crippen LogP contribution < -0.4 is 11.1 Å². The number of carbonyl (C=O) groups excluding carboxylic acids is 1. The van der Waals surface area contributed by atoms with Crippen molar-refractivity contribution in [3.8, 4) is 0 Å². The Morgan fingerprint density at radius 3 is 3.00 bits per heavy atom. The summed E-state index contributed by atoms with van der Waals surface area (Å²) in [5.41, 5.74) is 6.63. The molecule has 0 aliphatic carbocycles. The molecule has 0 spiro atoms. The Balaban J connectivity index is 2.37. The Hall–Kier alpha value is -1.10. The second-order valence-corrected chi connectivity index (χ2v) is 4.17. The number of nitrogens with two attached hydrogens (primary N) is 1. The van der Waals surface area contributed by atoms with E-state index in [-0.39, 0.29) is 5.91 Å². The average molecular weight is 257 g/mol. The van der Waals surface area contributed by atoms with Gasteiger partial charge < -0.3 is 15.8 Å². The van der Waals surface area contributed by atoms with Crippen LogP contribution in [0.4, 0.5) is 0 Å². The van der Waals surface area contributed by atoms with Crippen LogP contribution >= 0.6 is 11.6 Å². The second-order valence-electron chi connectivity index (χ2n) is 3.74. The molecule has 1 aromatic carbocycles. The number of amides is 1. The number of carbonyl (C=O) groups is 1. The predicted molar refractivity (Wildman–Crippen MR) is 67.8 cm³/mol. The fourth-order valence-corrected chi connectivity index (χ4v) is 1.56. The van der Waals surface area contributed by atoms with Gasteiger partial charge in [-0.25, -0.2) is 0 Å². The average Bonchev–Trinajstić information content (AvgIpc) is 2.33. The fraction of sp³-hybridized carbons (Fsp3) is 0.417. The van der Waals surface area contributed by atoms with Gasteiger partial charge in [0.05, 0.1) is 6.04 Å². The SMILES string of the molecule is COCCC(N)C(=O)NCc1cccc(Cl)c1. The van der Waals surface area contributed by atoms with Crippen LogP contribution in [0, 0.1) is 0 Å². The van der Waals surface area contributed by atoms with Crippen molar-refractivity contribution < 1.29 is 9.53 Å². The van der Waals surface area contributed by atoms with E-state index < -0.39 is 6.04 Å². The molecule has 0 aromatic heterocycles. The van der Waals surface area contributed by atoms with E-state index in [0.29, 0.717) is 24.6 Å². The zero-order valence-corrected chi connectivity index (χ0v) is 10.5. The first-order valence-corrected chi connectivity index (χ1v) is 5.78. The Labute approximate surface area is 106 Å². The minimum absolute atomic E-state index is 0.179. The summed E-state index contributed by atoms with van der Waals surface area (Å²) in [6.07, 6.45) is 0.512. The standard InChI is InChI=1S/C12H17ClN2O2/c1-17-6-5-11(14)12(16)15-8-9-3-2-4-10(13)7-9/h2-4,7,11H,5-6,8,14H2,1H3,(H,15,16). The number of halogens is 1. The first kappa shape index (κ1) is 14.0. The lowest BCUT2D eigenvalue weighted by Gasteiger charge is -2.11. The van der Waals surface area contributed by atoms with Gasteiger partial charge in [0.25, 0.3) is 0 Å². The van der Waals surface area contributed by atoms with Crippen LogP contribution in [0.5, 0.6) is 0 Å². The van der Waals surface area contributed by atoms with Crippen LogP contribution in [0.1, 0.15) is 12.0 Å². The molecule has 0 aliphatic rings. The van der Waals surface area contributed by atoms with E-state index in [1.54, 1.807) is 13.2 Å². The summed E-state index contributed by atoms with van der Waals surface area (Å²) in [5.74, 6) is -0.179. The van der Waals surface area contributed by atoms with Crippen molar-refractivity contribution in [1.29, 1.82) is 0 Å². The summed E-state index contributed by atoms with van der Waals surface area (Å²) in [5, 5.41) is 3.41. The third-order valence-corrected chi connectivity index (χ3v) is 2.56. The lowest BCUT2D eigenvalue weighted by Crippen LogP contribution is -2.40. The lowest BCUT2D eigenvalue weighted by atomic mass is 10.2. The van der Waals surface area contributed by atoms with Gasteiger partial charge in [0.15, 0.2) is 0 Å². The number of rotatable bonds is 6. The van der Waals surface area contributed by atoms with Gasteiger partial charge in [-0.2, -0.15) is 0 Å². The Bertz CT molecular complexity index is 371. The van der Waals surface area contributed by atoms with Gasteiger partial charge in [-0.1, -0.05) is 23.7 Å². The topological polar surface area (TPSA) is 64.3 Å². The van der Waals surface area contributed by atoms with E-state index in [1.807, 2.05) is 18.2 Å². The molecule has 0 fully saturated rings. The van der Waals surface area contributed by atoms with Crippen LogP contribution in [-0.2, 0) is 16.1 Å². The highest BCUT2D eigenvalue weighted by Gasteiger charge is 2.12. The van der Waals surface area contributed by atoms with Crippen molar-refractivity contribution in [2.75, 3.05) is 13.7 Å². The smallest absolute Gasteiger partial charge is 0.237 e. The maximum atomic E-state index is 11.6. The van der Waals surface area contributed by atoms with E-state index in [4.69, 9.17) is 22.1 Å². The predicted octanol–water partition coefficient (Wildman–Crippen LogP) is 1.32. The van der Waals surface area contributed by atoms with Crippen molar-refractivity contribution in [2.24, 2.45) is 5.73 Å². The Kier molecular flexibility index (Phi) is 5.97. The van der Waals surface area contributed by atoms with Crippen molar-refractivity contribution in [1.82, 2.24) is 5.32 Å². The van der Waals surface area contributed by atoms with Crippen molar-refractivity contribution in [3.05, 3.63) is 34.9 Å². The molecule has 94 valence electrons. The molecule has 0 saturated heterocycles. The van der Waals surface area contributed by atoms with Gasteiger partial charge in [-0.15, -0.1) is 0 Å². The van der Waals surface area contributed by atoms with Gasteiger partial charge in [-0.05, 0) is 24.1 Å². The first-order valence-electron chi connectivity index (χ1n) is 5.40. The number of hydrogen-bond acceptors (Lipinski definition) is 3. The summed E-state index contributed by atoms with van der Waals surface area (Å²) in [6.45, 7) is 0.909. The molecule has 0 radical (unpaired) electrons. The second kappa shape index (κ2) is 7.27. The summed E-state index contributed by atoms with van der Waals surface area (Å²) >= 11 is 5.84. The molecule has 5 heteroatoms. The molecule has 1 aromatic rings. The molecule has 1 atom stereocenters. The van der Waals surface area contributed by atoms with Crippen LogP contribution in [0.2, 0.25) is 5.02 Å². The zero-order chi connectivity index (χ0) is 12.7. The number of methoxy groups -OCH3 is 1. The highest BCUT2D eigenvalue weighted by atomic mass is 35.5. The van der Waals surface area contributed by atoms with Crippen molar-refractivity contribution in [3.63, 3.8) is 0 Å². The van der Waals surface area contributed by atoms with Crippen molar-refractivity contribution in [2.45, 2.75) is 19.0 Å². The van der Waals surface area contributed by atoms with Crippen LogP contribution in [0.3, 0.4) is 0 Å². The zero-order valence-electron chi connectivity index (χ0n) is 9.78. The highest BCUT2D eigenvalue weighted by Crippen LogP contribution is 2.10. The van der Waals surface area contributed by atoms with E-state index in [0.717, 1.165) is 5.56 Å². The minimum Gasteiger partial charge on any atom is -0.385 e. The summed E-state index contributed by atoms with van der Waals surface area (Å²) in [6, 6.07) is 6.80. The Morgan fingerprint density at radius 1 is 1.59 bits per heavy atom. The maximum absolute atomic E-state index is 11.6. The molecule has 1 rings (SSSR count). The first-order chi connectivity index (χ1) is 8.13. The molecule has 4 nitrogen and oxygen atoms in total. The van der Waals surface area contributed by atoms with E-state index >= 15 is 0 Å². The van der Waals surface area contributed by atoms with Gasteiger partial charge in [0.2, 0.25) is 5.91 Å². The highest BCUT2D eigenvalue weighted by molar-refractivity contribution is 6.30. The van der Waals surface area contributed by atoms with Crippen LogP contribution in [-0.4, -0.2) is 25.7 Å². The van der Waals surface area contributed by atoms with Crippen LogP contribution in [0.15, 0.2) is 24.3 Å². The molecular weight excluding hydrogens is 240 g/mol. The van der Waals surface area contributed by atoms with Gasteiger partial charge in [0.1, 0.15) is 0 Å². The van der Waals surface area contributed by atoms with Crippen LogP contribution in [0.25, 0.3) is 0 Å². The monoisotopic (exact) mass is 256 g/mol. The molecule has 0 aliphatic heterocycles. The molecule has 1 amide bonds.